The zero-order chi connectivity index (χ0) is 22.6. The van der Waals surface area contributed by atoms with Crippen LogP contribution in [-0.4, -0.2) is 37.1 Å². The fourth-order valence-electron chi connectivity index (χ4n) is 2.66. The van der Waals surface area contributed by atoms with Gasteiger partial charge in [-0.25, -0.2) is 9.59 Å². The molecule has 2 rings (SSSR count). The molecule has 0 saturated heterocycles. The van der Waals surface area contributed by atoms with Gasteiger partial charge in [0.05, 0.1) is 12.5 Å². The van der Waals surface area contributed by atoms with Crippen molar-refractivity contribution in [3.63, 3.8) is 0 Å². The van der Waals surface area contributed by atoms with E-state index in [1.54, 1.807) is 55.5 Å². The van der Waals surface area contributed by atoms with Gasteiger partial charge in [-0.05, 0) is 25.0 Å². The third-order valence-electron chi connectivity index (χ3n) is 4.22. The van der Waals surface area contributed by atoms with E-state index in [2.05, 4.69) is 4.74 Å². The van der Waals surface area contributed by atoms with Gasteiger partial charge in [0.2, 0.25) is 0 Å². The third-order valence-corrected chi connectivity index (χ3v) is 4.22. The van der Waals surface area contributed by atoms with Crippen LogP contribution in [0, 0.1) is 5.92 Å². The summed E-state index contributed by atoms with van der Waals surface area (Å²) >= 11 is 0. The molecule has 7 nitrogen and oxygen atoms in total. The van der Waals surface area contributed by atoms with Gasteiger partial charge in [-0.15, -0.1) is 0 Å². The van der Waals surface area contributed by atoms with Crippen LogP contribution in [-0.2, 0) is 33.4 Å². The van der Waals surface area contributed by atoms with Crippen molar-refractivity contribution in [2.75, 3.05) is 13.2 Å². The van der Waals surface area contributed by atoms with E-state index >= 15 is 0 Å². The van der Waals surface area contributed by atoms with Crippen LogP contribution in [0.2, 0.25) is 0 Å². The number of benzene rings is 2. The molecule has 0 N–H and O–H groups in total. The number of hydrogen-bond donors (Lipinski definition) is 0. The van der Waals surface area contributed by atoms with Crippen molar-refractivity contribution in [3.05, 3.63) is 83.9 Å². The zero-order valence-corrected chi connectivity index (χ0v) is 17.4. The maximum atomic E-state index is 12.8. The Morgan fingerprint density at radius 3 is 1.74 bits per heavy atom. The molecule has 2 aromatic carbocycles. The molecule has 1 atom stereocenters. The lowest BCUT2D eigenvalue weighted by Gasteiger charge is -2.17. The van der Waals surface area contributed by atoms with Crippen molar-refractivity contribution in [1.82, 2.24) is 0 Å². The van der Waals surface area contributed by atoms with Crippen LogP contribution in [0.1, 0.15) is 30.9 Å². The number of carbonyl (C=O) groups is 4. The molecule has 0 aliphatic carbocycles. The van der Waals surface area contributed by atoms with Gasteiger partial charge in [-0.2, -0.15) is 0 Å². The van der Waals surface area contributed by atoms with Crippen LogP contribution in [0.4, 0.5) is 0 Å². The first-order valence-corrected chi connectivity index (χ1v) is 9.79. The molecule has 0 spiro atoms. The molecule has 0 fully saturated rings. The van der Waals surface area contributed by atoms with Gasteiger partial charge >= 0.3 is 23.9 Å². The van der Waals surface area contributed by atoms with Crippen molar-refractivity contribution in [1.29, 1.82) is 0 Å². The van der Waals surface area contributed by atoms with Crippen LogP contribution >= 0.6 is 0 Å². The lowest BCUT2D eigenvalue weighted by atomic mass is 9.91. The number of ether oxygens (including phenoxy) is 3. The summed E-state index contributed by atoms with van der Waals surface area (Å²) in [6, 6.07) is 18.0. The molecule has 7 heteroatoms. The van der Waals surface area contributed by atoms with E-state index in [-0.39, 0.29) is 13.2 Å². The summed E-state index contributed by atoms with van der Waals surface area (Å²) < 4.78 is 14.7. The smallest absolute Gasteiger partial charge is 0.331 e. The summed E-state index contributed by atoms with van der Waals surface area (Å²) in [5.41, 5.74) is 1.38. The number of hydrogen-bond acceptors (Lipinski definition) is 7. The second kappa shape index (κ2) is 12.1. The average molecular weight is 424 g/mol. The second-order valence-corrected chi connectivity index (χ2v) is 6.61. The minimum absolute atomic E-state index is 0.183. The summed E-state index contributed by atoms with van der Waals surface area (Å²) in [5.74, 6) is -4.67. The predicted molar refractivity (Wildman–Crippen MR) is 112 cm³/mol. The largest absolute Gasteiger partial charge is 0.463 e. The molecular weight excluding hydrogens is 400 g/mol. The number of esters is 4. The van der Waals surface area contributed by atoms with E-state index in [9.17, 15) is 19.2 Å². The standard InChI is InChI=1S/C24H24O7/c1-3-29-20(25)14-15-21(26)30-16-17(2)23(27)31-24(28)22(18-10-6-4-7-11-18)19-12-8-5-9-13-19/h4-15,17,22H,3,16H2,1-2H3. The summed E-state index contributed by atoms with van der Waals surface area (Å²) in [5, 5.41) is 0. The molecular formula is C24H24O7. The highest BCUT2D eigenvalue weighted by molar-refractivity contribution is 5.93. The first kappa shape index (κ1) is 23.5. The zero-order valence-electron chi connectivity index (χ0n) is 17.4. The summed E-state index contributed by atoms with van der Waals surface area (Å²) in [6.07, 6.45) is 1.84. The highest BCUT2D eigenvalue weighted by Gasteiger charge is 2.28. The first-order chi connectivity index (χ1) is 14.9. The third kappa shape index (κ3) is 7.54. The average Bonchev–Trinajstić information content (AvgIpc) is 2.77. The van der Waals surface area contributed by atoms with Gasteiger partial charge in [0, 0.05) is 12.2 Å². The minimum Gasteiger partial charge on any atom is -0.463 e. The molecule has 0 heterocycles. The van der Waals surface area contributed by atoms with Crippen molar-refractivity contribution in [2.24, 2.45) is 5.92 Å². The van der Waals surface area contributed by atoms with Crippen molar-refractivity contribution < 1.29 is 33.4 Å². The van der Waals surface area contributed by atoms with Crippen molar-refractivity contribution in [2.45, 2.75) is 19.8 Å². The molecule has 0 radical (unpaired) electrons. The van der Waals surface area contributed by atoms with Gasteiger partial charge in [0.1, 0.15) is 12.5 Å². The molecule has 0 aliphatic rings. The maximum Gasteiger partial charge on any atom is 0.331 e. The summed E-state index contributed by atoms with van der Waals surface area (Å²) in [7, 11) is 0. The Morgan fingerprint density at radius 1 is 0.774 bits per heavy atom. The minimum atomic E-state index is -0.879. The van der Waals surface area contributed by atoms with Crippen LogP contribution < -0.4 is 0 Å². The van der Waals surface area contributed by atoms with Gasteiger partial charge in [0.25, 0.3) is 0 Å². The van der Waals surface area contributed by atoms with Crippen molar-refractivity contribution >= 4 is 23.9 Å². The Morgan fingerprint density at radius 2 is 1.26 bits per heavy atom. The second-order valence-electron chi connectivity index (χ2n) is 6.61. The van der Waals surface area contributed by atoms with Gasteiger partial charge in [-0.1, -0.05) is 60.7 Å². The van der Waals surface area contributed by atoms with E-state index in [0.717, 1.165) is 12.2 Å². The molecule has 2 aromatic rings. The predicted octanol–water partition coefficient (Wildman–Crippen LogP) is 3.19. The molecule has 0 aromatic heterocycles. The fourth-order valence-corrected chi connectivity index (χ4v) is 2.66. The van der Waals surface area contributed by atoms with E-state index in [1.165, 1.54) is 6.92 Å². The monoisotopic (exact) mass is 424 g/mol. The Bertz CT molecular complexity index is 880. The molecule has 162 valence electrons. The quantitative estimate of drug-likeness (QED) is 0.264. The Balaban J connectivity index is 1.98. The van der Waals surface area contributed by atoms with Crippen LogP contribution in [0.25, 0.3) is 0 Å². The lowest BCUT2D eigenvalue weighted by Crippen LogP contribution is -2.27. The van der Waals surface area contributed by atoms with Gasteiger partial charge in [0.15, 0.2) is 0 Å². The van der Waals surface area contributed by atoms with E-state index in [4.69, 9.17) is 9.47 Å². The number of rotatable bonds is 9. The van der Waals surface area contributed by atoms with Crippen LogP contribution in [0.5, 0.6) is 0 Å². The van der Waals surface area contributed by atoms with Gasteiger partial charge < -0.3 is 14.2 Å². The maximum absolute atomic E-state index is 12.8. The van der Waals surface area contributed by atoms with E-state index < -0.39 is 35.7 Å². The highest BCUT2D eigenvalue weighted by Crippen LogP contribution is 2.26. The molecule has 0 saturated carbocycles. The van der Waals surface area contributed by atoms with E-state index in [0.29, 0.717) is 11.1 Å². The number of carbonyl (C=O) groups excluding carboxylic acids is 4. The topological polar surface area (TPSA) is 96.0 Å². The highest BCUT2D eigenvalue weighted by atomic mass is 16.6. The van der Waals surface area contributed by atoms with Gasteiger partial charge in [-0.3, -0.25) is 9.59 Å². The SMILES string of the molecule is CCOC(=O)C=CC(=O)OCC(C)C(=O)OC(=O)C(c1ccccc1)c1ccccc1. The normalized spacial score (nSPS) is 11.7. The molecule has 31 heavy (non-hydrogen) atoms. The molecule has 0 aliphatic heterocycles. The Labute approximate surface area is 180 Å². The Kier molecular flexibility index (Phi) is 9.16. The molecule has 0 bridgehead atoms. The summed E-state index contributed by atoms with van der Waals surface area (Å²) in [4.78, 5) is 48.0. The first-order valence-electron chi connectivity index (χ1n) is 9.79. The summed E-state index contributed by atoms with van der Waals surface area (Å²) in [6.45, 7) is 2.98. The Hall–Kier alpha value is -3.74. The van der Waals surface area contributed by atoms with E-state index in [1.807, 2.05) is 12.1 Å². The molecule has 1 unspecified atom stereocenters. The van der Waals surface area contributed by atoms with Crippen molar-refractivity contribution in [3.8, 4) is 0 Å². The van der Waals surface area contributed by atoms with Crippen LogP contribution in [0.15, 0.2) is 72.8 Å². The fraction of sp³-hybridized carbons (Fsp3) is 0.250. The molecule has 0 amide bonds. The lowest BCUT2D eigenvalue weighted by molar-refractivity contribution is -0.164. The van der Waals surface area contributed by atoms with Crippen LogP contribution in [0.3, 0.4) is 0 Å².